The number of anilines is 3. The van der Waals surface area contributed by atoms with Crippen molar-refractivity contribution in [2.45, 2.75) is 0 Å². The number of pyridine rings is 1. The van der Waals surface area contributed by atoms with Gasteiger partial charge in [-0.3, -0.25) is 0 Å². The number of hydrogen-bond donors (Lipinski definition) is 2. The third-order valence-electron chi connectivity index (χ3n) is 2.07. The van der Waals surface area contributed by atoms with E-state index < -0.39 is 0 Å². The largest absolute Gasteiger partial charge is 0.396 e. The van der Waals surface area contributed by atoms with Crippen LogP contribution in [0.5, 0.6) is 0 Å². The summed E-state index contributed by atoms with van der Waals surface area (Å²) >= 11 is 8.84. The first-order valence-corrected chi connectivity index (χ1v) is 5.86. The van der Waals surface area contributed by atoms with Crippen molar-refractivity contribution in [1.82, 2.24) is 4.98 Å². The van der Waals surface area contributed by atoms with Gasteiger partial charge in [0.25, 0.3) is 0 Å². The van der Waals surface area contributed by atoms with Crippen molar-refractivity contribution in [1.29, 1.82) is 0 Å². The molecule has 0 aliphatic carbocycles. The van der Waals surface area contributed by atoms with Gasteiger partial charge in [0.2, 0.25) is 0 Å². The highest BCUT2D eigenvalue weighted by atomic mass is 79.9. The van der Waals surface area contributed by atoms with Crippen LogP contribution in [0, 0.1) is 5.82 Å². The molecule has 2 rings (SSSR count). The van der Waals surface area contributed by atoms with Crippen molar-refractivity contribution < 1.29 is 4.39 Å². The van der Waals surface area contributed by atoms with E-state index in [-0.39, 0.29) is 5.82 Å². The smallest absolute Gasteiger partial charge is 0.153 e. The van der Waals surface area contributed by atoms with Crippen LogP contribution in [0.2, 0.25) is 5.02 Å². The molecule has 3 nitrogen and oxygen atoms in total. The molecule has 6 heteroatoms. The van der Waals surface area contributed by atoms with Crippen molar-refractivity contribution in [2.24, 2.45) is 0 Å². The number of benzene rings is 1. The predicted octanol–water partition coefficient (Wildman–Crippen LogP) is 3.96. The highest BCUT2D eigenvalue weighted by Crippen LogP contribution is 2.26. The van der Waals surface area contributed by atoms with Crippen LogP contribution in [0.3, 0.4) is 0 Å². The molecule has 0 unspecified atom stereocenters. The van der Waals surface area contributed by atoms with E-state index in [1.54, 1.807) is 18.2 Å². The minimum Gasteiger partial charge on any atom is -0.396 e. The first kappa shape index (κ1) is 12.1. The molecule has 0 spiro atoms. The second-order valence-corrected chi connectivity index (χ2v) is 4.64. The van der Waals surface area contributed by atoms with Crippen molar-refractivity contribution in [2.75, 3.05) is 11.1 Å². The fourth-order valence-corrected chi connectivity index (χ4v) is 1.82. The lowest BCUT2D eigenvalue weighted by atomic mass is 10.3. The molecule has 0 aliphatic rings. The monoisotopic (exact) mass is 315 g/mol. The number of rotatable bonds is 2. The van der Waals surface area contributed by atoms with E-state index in [1.165, 1.54) is 12.3 Å². The van der Waals surface area contributed by atoms with Crippen LogP contribution in [0.25, 0.3) is 0 Å². The van der Waals surface area contributed by atoms with Crippen molar-refractivity contribution in [3.05, 3.63) is 45.8 Å². The second-order valence-electron chi connectivity index (χ2n) is 3.35. The molecule has 0 bridgehead atoms. The predicted molar refractivity (Wildman–Crippen MR) is 71.0 cm³/mol. The summed E-state index contributed by atoms with van der Waals surface area (Å²) in [4.78, 5) is 4.05. The molecular weight excluding hydrogens is 308 g/mol. The topological polar surface area (TPSA) is 50.9 Å². The standard InChI is InChI=1S/C11H8BrClFN3/c12-8-4-7(1-2-9(8)14)17-11-10(15)3-6(13)5-16-11/h1-5H,15H2,(H,16,17). The third kappa shape index (κ3) is 2.87. The Morgan fingerprint density at radius 3 is 2.76 bits per heavy atom. The molecule has 0 amide bonds. The Labute approximate surface area is 111 Å². The normalized spacial score (nSPS) is 10.3. The Morgan fingerprint density at radius 2 is 2.12 bits per heavy atom. The van der Waals surface area contributed by atoms with Crippen LogP contribution in [-0.4, -0.2) is 4.98 Å². The molecule has 0 saturated heterocycles. The molecular formula is C11H8BrClFN3. The number of nitrogens with zero attached hydrogens (tertiary/aromatic N) is 1. The van der Waals surface area contributed by atoms with Crippen LogP contribution < -0.4 is 11.1 Å². The van der Waals surface area contributed by atoms with Crippen molar-refractivity contribution in [3.8, 4) is 0 Å². The van der Waals surface area contributed by atoms with E-state index in [0.29, 0.717) is 26.7 Å². The molecule has 0 radical (unpaired) electrons. The lowest BCUT2D eigenvalue weighted by Gasteiger charge is -2.08. The zero-order valence-electron chi connectivity index (χ0n) is 8.55. The lowest BCUT2D eigenvalue weighted by Crippen LogP contribution is -1.99. The van der Waals surface area contributed by atoms with E-state index in [2.05, 4.69) is 26.2 Å². The average molecular weight is 317 g/mol. The molecule has 1 aromatic heterocycles. The second kappa shape index (κ2) is 4.89. The van der Waals surface area contributed by atoms with Gasteiger partial charge in [-0.1, -0.05) is 11.6 Å². The summed E-state index contributed by atoms with van der Waals surface area (Å²) in [5, 5.41) is 3.44. The molecule has 0 atom stereocenters. The summed E-state index contributed by atoms with van der Waals surface area (Å²) in [7, 11) is 0. The van der Waals surface area contributed by atoms with E-state index in [1.807, 2.05) is 0 Å². The van der Waals surface area contributed by atoms with Gasteiger partial charge in [0.05, 0.1) is 15.2 Å². The lowest BCUT2D eigenvalue weighted by molar-refractivity contribution is 0.621. The summed E-state index contributed by atoms with van der Waals surface area (Å²) in [5.74, 6) is 0.153. The van der Waals surface area contributed by atoms with Gasteiger partial charge in [0.1, 0.15) is 5.82 Å². The van der Waals surface area contributed by atoms with E-state index in [4.69, 9.17) is 17.3 Å². The van der Waals surface area contributed by atoms with Crippen LogP contribution in [0.15, 0.2) is 34.9 Å². The molecule has 2 aromatic rings. The van der Waals surface area contributed by atoms with Gasteiger partial charge in [-0.15, -0.1) is 0 Å². The van der Waals surface area contributed by atoms with Crippen molar-refractivity contribution >= 4 is 44.7 Å². The van der Waals surface area contributed by atoms with Gasteiger partial charge in [-0.25, -0.2) is 9.37 Å². The quantitative estimate of drug-likeness (QED) is 0.881. The van der Waals surface area contributed by atoms with Crippen LogP contribution in [0.1, 0.15) is 0 Å². The number of halogens is 3. The third-order valence-corrected chi connectivity index (χ3v) is 2.88. The minimum absolute atomic E-state index is 0.326. The fourth-order valence-electron chi connectivity index (χ4n) is 1.27. The summed E-state index contributed by atoms with van der Waals surface area (Å²) in [6.45, 7) is 0. The van der Waals surface area contributed by atoms with Gasteiger partial charge in [-0.05, 0) is 40.2 Å². The zero-order chi connectivity index (χ0) is 12.4. The minimum atomic E-state index is -0.326. The number of nitrogen functional groups attached to an aromatic ring is 1. The first-order chi connectivity index (χ1) is 8.06. The maximum Gasteiger partial charge on any atom is 0.153 e. The molecule has 1 aromatic carbocycles. The van der Waals surface area contributed by atoms with Gasteiger partial charge in [-0.2, -0.15) is 0 Å². The Hall–Kier alpha value is -1.33. The fraction of sp³-hybridized carbons (Fsp3) is 0. The molecule has 88 valence electrons. The Kier molecular flexibility index (Phi) is 3.49. The molecule has 3 N–H and O–H groups in total. The summed E-state index contributed by atoms with van der Waals surface area (Å²) < 4.78 is 13.4. The maximum atomic E-state index is 13.0. The molecule has 0 fully saturated rings. The summed E-state index contributed by atoms with van der Waals surface area (Å²) in [6, 6.07) is 6.13. The van der Waals surface area contributed by atoms with Crippen LogP contribution in [0.4, 0.5) is 21.6 Å². The van der Waals surface area contributed by atoms with Crippen LogP contribution >= 0.6 is 27.5 Å². The number of aromatic nitrogens is 1. The highest BCUT2D eigenvalue weighted by Gasteiger charge is 2.04. The van der Waals surface area contributed by atoms with Crippen LogP contribution in [-0.2, 0) is 0 Å². The maximum absolute atomic E-state index is 13.0. The number of hydrogen-bond acceptors (Lipinski definition) is 3. The highest BCUT2D eigenvalue weighted by molar-refractivity contribution is 9.10. The average Bonchev–Trinajstić information content (AvgIpc) is 2.27. The first-order valence-electron chi connectivity index (χ1n) is 4.69. The van der Waals surface area contributed by atoms with Gasteiger partial charge in [0, 0.05) is 11.9 Å². The van der Waals surface area contributed by atoms with E-state index in [9.17, 15) is 4.39 Å². The Morgan fingerprint density at radius 1 is 1.35 bits per heavy atom. The number of nitrogens with two attached hydrogens (primary N) is 1. The summed E-state index contributed by atoms with van der Waals surface area (Å²) in [6.07, 6.45) is 1.48. The Balaban J connectivity index is 2.28. The van der Waals surface area contributed by atoms with Gasteiger partial charge >= 0.3 is 0 Å². The molecule has 0 saturated carbocycles. The molecule has 0 aliphatic heterocycles. The SMILES string of the molecule is Nc1cc(Cl)cnc1Nc1ccc(F)c(Br)c1. The summed E-state index contributed by atoms with van der Waals surface area (Å²) in [5.41, 5.74) is 6.85. The molecule has 1 heterocycles. The van der Waals surface area contributed by atoms with E-state index >= 15 is 0 Å². The van der Waals surface area contributed by atoms with Crippen molar-refractivity contribution in [3.63, 3.8) is 0 Å². The number of nitrogens with one attached hydrogen (secondary N) is 1. The zero-order valence-corrected chi connectivity index (χ0v) is 10.9. The molecule has 17 heavy (non-hydrogen) atoms. The van der Waals surface area contributed by atoms with E-state index in [0.717, 1.165) is 0 Å². The van der Waals surface area contributed by atoms with Gasteiger partial charge in [0.15, 0.2) is 5.82 Å². The Bertz CT molecular complexity index is 562. The van der Waals surface area contributed by atoms with Gasteiger partial charge < -0.3 is 11.1 Å².